The molecule has 44 heavy (non-hydrogen) atoms. The molecule has 228 valence electrons. The van der Waals surface area contributed by atoms with Crippen molar-refractivity contribution in [1.29, 1.82) is 0 Å². The van der Waals surface area contributed by atoms with E-state index in [4.69, 9.17) is 23.2 Å². The van der Waals surface area contributed by atoms with Gasteiger partial charge in [0, 0.05) is 45.8 Å². The number of halogens is 4. The Hall–Kier alpha value is -3.30. The van der Waals surface area contributed by atoms with Gasteiger partial charge >= 0.3 is 0 Å². The van der Waals surface area contributed by atoms with Gasteiger partial charge in [-0.05, 0) is 48.3 Å². The van der Waals surface area contributed by atoms with Crippen molar-refractivity contribution in [3.63, 3.8) is 0 Å². The molecule has 0 spiro atoms. The molecule has 0 radical (unpaired) electrons. The fourth-order valence-electron chi connectivity index (χ4n) is 5.96. The van der Waals surface area contributed by atoms with E-state index in [1.807, 2.05) is 62.4 Å². The predicted octanol–water partition coefficient (Wildman–Crippen LogP) is 9.02. The number of aryl methyl sites for hydroxylation is 2. The van der Waals surface area contributed by atoms with Gasteiger partial charge in [-0.1, -0.05) is 84.9 Å². The summed E-state index contributed by atoms with van der Waals surface area (Å²) in [6, 6.07) is 15.7. The van der Waals surface area contributed by atoms with E-state index < -0.39 is 0 Å². The van der Waals surface area contributed by atoms with Crippen molar-refractivity contribution in [2.75, 3.05) is 13.1 Å². The van der Waals surface area contributed by atoms with Gasteiger partial charge in [-0.15, -0.1) is 22.7 Å². The lowest BCUT2D eigenvalue weighted by molar-refractivity contribution is -0.127. The van der Waals surface area contributed by atoms with E-state index in [0.29, 0.717) is 37.3 Å². The third kappa shape index (κ3) is 6.13. The molecule has 0 unspecified atom stereocenters. The first kappa shape index (κ1) is 32.1. The largest absolute Gasteiger partial charge is 0.333 e. The number of carbonyl (C=O) groups is 2. The Bertz CT molecular complexity index is 1640. The molecule has 0 N–H and O–H groups in total. The molecule has 0 aliphatic carbocycles. The number of carbonyl (C=O) groups excluding carboxylic acids is 2. The van der Waals surface area contributed by atoms with Crippen molar-refractivity contribution in [3.8, 4) is 0 Å². The molecule has 10 heteroatoms. The minimum Gasteiger partial charge on any atom is -0.333 e. The van der Waals surface area contributed by atoms with Crippen LogP contribution in [0.3, 0.4) is 0 Å². The van der Waals surface area contributed by atoms with Gasteiger partial charge in [0.25, 0.3) is 0 Å². The maximum absolute atomic E-state index is 14.5. The van der Waals surface area contributed by atoms with E-state index in [1.54, 1.807) is 9.80 Å². The number of amides is 2. The first-order chi connectivity index (χ1) is 21.0. The van der Waals surface area contributed by atoms with E-state index in [1.165, 1.54) is 34.8 Å². The van der Waals surface area contributed by atoms with Crippen molar-refractivity contribution >= 4 is 57.7 Å². The summed E-state index contributed by atoms with van der Waals surface area (Å²) >= 11 is 14.4. The molecule has 0 saturated carbocycles. The smallest absolute Gasteiger partial charge is 0.246 e. The summed E-state index contributed by atoms with van der Waals surface area (Å²) in [7, 11) is 0. The topological polar surface area (TPSA) is 40.6 Å². The Balaban J connectivity index is 0.000000175. The molecule has 4 heterocycles. The lowest BCUT2D eigenvalue weighted by atomic mass is 9.86. The van der Waals surface area contributed by atoms with Crippen molar-refractivity contribution in [2.45, 2.75) is 38.8 Å². The van der Waals surface area contributed by atoms with Crippen molar-refractivity contribution in [3.05, 3.63) is 137 Å². The van der Waals surface area contributed by atoms with E-state index in [0.717, 1.165) is 32.0 Å². The van der Waals surface area contributed by atoms with Crippen LogP contribution in [0.4, 0.5) is 8.78 Å². The Kier molecular flexibility index (Phi) is 9.75. The van der Waals surface area contributed by atoms with Gasteiger partial charge in [-0.2, -0.15) is 0 Å². The fraction of sp³-hybridized carbons (Fsp3) is 0.235. The van der Waals surface area contributed by atoms with E-state index in [2.05, 4.69) is 13.2 Å². The Morgan fingerprint density at radius 2 is 1.11 bits per heavy atom. The van der Waals surface area contributed by atoms with Crippen LogP contribution in [0.25, 0.3) is 0 Å². The molecule has 4 aromatic rings. The van der Waals surface area contributed by atoms with Gasteiger partial charge in [0.15, 0.2) is 11.6 Å². The molecule has 2 amide bonds. The number of fused-ring (bicyclic) bond motifs is 2. The number of benzene rings is 2. The van der Waals surface area contributed by atoms with Crippen molar-refractivity contribution in [2.24, 2.45) is 0 Å². The first-order valence-corrected chi connectivity index (χ1v) is 16.3. The van der Waals surface area contributed by atoms with E-state index in [-0.39, 0.29) is 44.0 Å². The summed E-state index contributed by atoms with van der Waals surface area (Å²) < 4.78 is 29.3. The van der Waals surface area contributed by atoms with Crippen molar-refractivity contribution in [1.82, 2.24) is 9.80 Å². The highest BCUT2D eigenvalue weighted by molar-refractivity contribution is 7.16. The average Bonchev–Trinajstić information content (AvgIpc) is 3.48. The maximum atomic E-state index is 14.5. The van der Waals surface area contributed by atoms with Crippen LogP contribution in [0.1, 0.15) is 55.0 Å². The highest BCUT2D eigenvalue weighted by Gasteiger charge is 2.36. The summed E-state index contributed by atoms with van der Waals surface area (Å²) in [6.07, 6.45) is 2.59. The fourth-order valence-corrected chi connectivity index (χ4v) is 8.68. The predicted molar refractivity (Wildman–Crippen MR) is 176 cm³/mol. The van der Waals surface area contributed by atoms with Crippen LogP contribution < -0.4 is 0 Å². The lowest BCUT2D eigenvalue weighted by Crippen LogP contribution is -2.37. The SMILES string of the molecule is C=CC(=O)N1Cc2sc(Cl)c(F)c2[C@@H](c2ccccc2C)C1.C=CC(=O)N1Cc2sc(Cl)c(F)c2[C@H](c2ccccc2C)C1. The number of nitrogens with zero attached hydrogens (tertiary/aromatic N) is 2. The minimum absolute atomic E-state index is 0.144. The van der Waals surface area contributed by atoms with E-state index in [9.17, 15) is 18.4 Å². The van der Waals surface area contributed by atoms with Crippen LogP contribution in [0.15, 0.2) is 73.8 Å². The second-order valence-corrected chi connectivity index (χ2v) is 14.1. The summed E-state index contributed by atoms with van der Waals surface area (Å²) in [6.45, 7) is 12.7. The molecular weight excluding hydrogens is 641 g/mol. The molecule has 2 atom stereocenters. The number of hydrogen-bond donors (Lipinski definition) is 0. The van der Waals surface area contributed by atoms with Crippen LogP contribution in [0.2, 0.25) is 8.67 Å². The van der Waals surface area contributed by atoms with Gasteiger partial charge in [0.2, 0.25) is 11.8 Å². The first-order valence-electron chi connectivity index (χ1n) is 13.9. The molecule has 2 aliphatic rings. The highest BCUT2D eigenvalue weighted by atomic mass is 35.5. The van der Waals surface area contributed by atoms with Gasteiger partial charge in [-0.3, -0.25) is 9.59 Å². The standard InChI is InChI=1S/2C17H15ClFNOS/c2*1-3-14(21)20-8-12(11-7-5-4-6-10(11)2)15-13(9-20)22-17(18)16(15)19/h2*3-7,12H,1,8-9H2,2H3/t2*12-/m10/s1. The average molecular weight is 672 g/mol. The van der Waals surface area contributed by atoms with Crippen LogP contribution in [-0.2, 0) is 22.7 Å². The molecule has 4 nitrogen and oxygen atoms in total. The summed E-state index contributed by atoms with van der Waals surface area (Å²) in [5.41, 5.74) is 5.48. The minimum atomic E-state index is -0.347. The quantitative estimate of drug-likeness (QED) is 0.203. The van der Waals surface area contributed by atoms with Gasteiger partial charge < -0.3 is 9.80 Å². The number of thiophene rings is 2. The Labute approximate surface area is 273 Å². The lowest BCUT2D eigenvalue weighted by Gasteiger charge is -2.33. The van der Waals surface area contributed by atoms with E-state index >= 15 is 0 Å². The summed E-state index contributed by atoms with van der Waals surface area (Å²) in [5, 5.41) is 0. The van der Waals surface area contributed by atoms with Crippen LogP contribution in [0, 0.1) is 25.5 Å². The molecular formula is C34H30Cl2F2N2O2S2. The molecule has 2 aromatic heterocycles. The molecule has 0 fully saturated rings. The third-order valence-corrected chi connectivity index (χ3v) is 10.8. The normalized spacial score (nSPS) is 17.2. The van der Waals surface area contributed by atoms with Gasteiger partial charge in [-0.25, -0.2) is 8.78 Å². The zero-order chi connectivity index (χ0) is 31.7. The monoisotopic (exact) mass is 670 g/mol. The summed E-state index contributed by atoms with van der Waals surface area (Å²) in [4.78, 5) is 29.1. The molecule has 2 aromatic carbocycles. The number of rotatable bonds is 4. The molecule has 0 bridgehead atoms. The number of hydrogen-bond acceptors (Lipinski definition) is 4. The Morgan fingerprint density at radius 3 is 1.45 bits per heavy atom. The summed E-state index contributed by atoms with van der Waals surface area (Å²) in [5.74, 6) is -1.38. The second kappa shape index (κ2) is 13.4. The Morgan fingerprint density at radius 1 is 0.750 bits per heavy atom. The van der Waals surface area contributed by atoms with Crippen LogP contribution >= 0.6 is 45.9 Å². The third-order valence-electron chi connectivity index (χ3n) is 8.12. The maximum Gasteiger partial charge on any atom is 0.246 e. The zero-order valence-electron chi connectivity index (χ0n) is 24.2. The van der Waals surface area contributed by atoms with Gasteiger partial charge in [0.1, 0.15) is 8.67 Å². The van der Waals surface area contributed by atoms with Crippen LogP contribution in [0.5, 0.6) is 0 Å². The van der Waals surface area contributed by atoms with Crippen molar-refractivity contribution < 1.29 is 18.4 Å². The highest BCUT2D eigenvalue weighted by Crippen LogP contribution is 2.45. The zero-order valence-corrected chi connectivity index (χ0v) is 27.4. The molecule has 6 rings (SSSR count). The second-order valence-electron chi connectivity index (χ2n) is 10.7. The van der Waals surface area contributed by atoms with Crippen LogP contribution in [-0.4, -0.2) is 34.7 Å². The van der Waals surface area contributed by atoms with Gasteiger partial charge in [0.05, 0.1) is 13.1 Å². The molecule has 0 saturated heterocycles. The molecule has 2 aliphatic heterocycles.